The van der Waals surface area contributed by atoms with Crippen LogP contribution in [0.5, 0.6) is 11.5 Å². The summed E-state index contributed by atoms with van der Waals surface area (Å²) < 4.78 is 6.12. The number of benzene rings is 2. The molecule has 4 aliphatic rings. The molecule has 1 heterocycles. The largest absolute Gasteiger partial charge is 0.508 e. The smallest absolute Gasteiger partial charge is 0.119 e. The van der Waals surface area contributed by atoms with Gasteiger partial charge in [-0.05, 0) is 128 Å². The van der Waals surface area contributed by atoms with Crippen molar-refractivity contribution in [3.05, 3.63) is 59.2 Å². The fourth-order valence-electron chi connectivity index (χ4n) is 8.28. The fourth-order valence-corrected chi connectivity index (χ4v) is 8.28. The Bertz CT molecular complexity index is 1030. The lowest BCUT2D eigenvalue weighted by atomic mass is 9.51. The van der Waals surface area contributed by atoms with Gasteiger partial charge >= 0.3 is 0 Å². The monoisotopic (exact) mass is 475 g/mol. The van der Waals surface area contributed by atoms with Crippen molar-refractivity contribution in [2.24, 2.45) is 17.3 Å². The van der Waals surface area contributed by atoms with Crippen LogP contribution in [0, 0.1) is 17.3 Å². The van der Waals surface area contributed by atoms with E-state index in [0.717, 1.165) is 51.0 Å². The first-order chi connectivity index (χ1) is 17.0. The summed E-state index contributed by atoms with van der Waals surface area (Å²) in [4.78, 5) is 2.52. The summed E-state index contributed by atoms with van der Waals surface area (Å²) in [5, 5.41) is 21.2. The molecule has 1 saturated heterocycles. The van der Waals surface area contributed by atoms with Gasteiger partial charge in [-0.1, -0.05) is 31.5 Å². The zero-order valence-corrected chi connectivity index (χ0v) is 21.2. The van der Waals surface area contributed by atoms with Gasteiger partial charge in [-0.2, -0.15) is 0 Å². The average Bonchev–Trinajstić information content (AvgIpc) is 3.18. The number of hydrogen-bond donors (Lipinski definition) is 2. The second-order valence-electron chi connectivity index (χ2n) is 11.9. The minimum absolute atomic E-state index is 0.0100. The Morgan fingerprint density at radius 3 is 2.60 bits per heavy atom. The van der Waals surface area contributed by atoms with Gasteiger partial charge in [0.1, 0.15) is 18.1 Å². The van der Waals surface area contributed by atoms with Gasteiger partial charge in [0.25, 0.3) is 0 Å². The number of aryl methyl sites for hydroxylation is 1. The number of phenolic OH excluding ortho intramolecular Hbond substituents is 1. The molecule has 0 unspecified atom stereocenters. The lowest BCUT2D eigenvalue weighted by molar-refractivity contribution is -0.0323. The number of fused-ring (bicyclic) bond motifs is 5. The highest BCUT2D eigenvalue weighted by molar-refractivity contribution is 5.43. The molecule has 4 nitrogen and oxygen atoms in total. The Balaban J connectivity index is 1.25. The highest BCUT2D eigenvalue weighted by atomic mass is 16.5. The van der Waals surface area contributed by atoms with E-state index in [1.807, 2.05) is 12.1 Å². The first kappa shape index (κ1) is 23.4. The fraction of sp³-hybridized carbons (Fsp3) is 0.613. The van der Waals surface area contributed by atoms with Crippen LogP contribution in [-0.4, -0.2) is 47.5 Å². The maximum atomic E-state index is 11.1. The lowest BCUT2D eigenvalue weighted by Gasteiger charge is -2.54. The highest BCUT2D eigenvalue weighted by Gasteiger charge is 2.57. The molecule has 35 heavy (non-hydrogen) atoms. The van der Waals surface area contributed by atoms with E-state index in [4.69, 9.17) is 4.74 Å². The Morgan fingerprint density at radius 2 is 1.80 bits per heavy atom. The van der Waals surface area contributed by atoms with Crippen molar-refractivity contribution in [3.63, 3.8) is 0 Å². The summed E-state index contributed by atoms with van der Waals surface area (Å²) in [5.74, 6) is 3.33. The molecule has 4 heteroatoms. The number of aromatic hydroxyl groups is 1. The van der Waals surface area contributed by atoms with Crippen molar-refractivity contribution in [2.45, 2.75) is 76.2 Å². The predicted molar refractivity (Wildman–Crippen MR) is 139 cm³/mol. The molecule has 2 aromatic carbocycles. The van der Waals surface area contributed by atoms with Crippen molar-refractivity contribution in [3.8, 4) is 11.5 Å². The van der Waals surface area contributed by atoms with E-state index in [2.05, 4.69) is 42.2 Å². The topological polar surface area (TPSA) is 52.9 Å². The third kappa shape index (κ3) is 4.27. The van der Waals surface area contributed by atoms with E-state index in [1.54, 1.807) is 0 Å². The van der Waals surface area contributed by atoms with Crippen molar-refractivity contribution >= 4 is 0 Å². The van der Waals surface area contributed by atoms with E-state index in [1.165, 1.54) is 49.0 Å². The molecule has 0 amide bonds. The van der Waals surface area contributed by atoms with Gasteiger partial charge in [0.15, 0.2) is 0 Å². The van der Waals surface area contributed by atoms with Gasteiger partial charge < -0.3 is 14.9 Å². The molecule has 0 spiro atoms. The standard InChI is InChI=1S/C31H41NO3/c1-31-20-27(21-5-9-24(10-6-21)35-18-17-32-15-3-2-4-16-32)30-25-12-8-23(33)19-22(25)7-11-26(30)28(31)13-14-29(31)34/h5-6,8-10,12,19,26-30,33-34H,2-4,7,11,13-18,20H2,1H3/t26-,27+,28-,29-,30+,31-/m0/s1. The van der Waals surface area contributed by atoms with Crippen LogP contribution in [0.2, 0.25) is 0 Å². The number of aliphatic hydroxyl groups is 1. The van der Waals surface area contributed by atoms with Crippen molar-refractivity contribution in [2.75, 3.05) is 26.2 Å². The van der Waals surface area contributed by atoms with E-state index >= 15 is 0 Å². The molecular formula is C31H41NO3. The van der Waals surface area contributed by atoms with Gasteiger partial charge in [-0.15, -0.1) is 0 Å². The van der Waals surface area contributed by atoms with Gasteiger partial charge in [-0.3, -0.25) is 4.90 Å². The van der Waals surface area contributed by atoms with E-state index in [0.29, 0.717) is 29.4 Å². The van der Waals surface area contributed by atoms with Crippen LogP contribution >= 0.6 is 0 Å². The summed E-state index contributed by atoms with van der Waals surface area (Å²) in [5.41, 5.74) is 4.10. The Morgan fingerprint density at radius 1 is 1.00 bits per heavy atom. The second kappa shape index (κ2) is 9.44. The van der Waals surface area contributed by atoms with Crippen molar-refractivity contribution < 1.29 is 14.9 Å². The molecule has 6 atom stereocenters. The third-order valence-corrected chi connectivity index (χ3v) is 10.1. The predicted octanol–water partition coefficient (Wildman–Crippen LogP) is 5.87. The zero-order valence-electron chi connectivity index (χ0n) is 21.2. The van der Waals surface area contributed by atoms with Crippen LogP contribution in [0.3, 0.4) is 0 Å². The number of ether oxygens (including phenoxy) is 1. The Hall–Kier alpha value is -2.04. The van der Waals surface area contributed by atoms with E-state index in [-0.39, 0.29) is 11.5 Å². The number of nitrogens with zero attached hydrogens (tertiary/aromatic N) is 1. The molecule has 2 N–H and O–H groups in total. The first-order valence-electron chi connectivity index (χ1n) is 14.0. The quantitative estimate of drug-likeness (QED) is 0.568. The summed E-state index contributed by atoms with van der Waals surface area (Å²) in [6.07, 6.45) is 9.08. The van der Waals surface area contributed by atoms with E-state index < -0.39 is 0 Å². The Labute approximate surface area is 210 Å². The normalized spacial score (nSPS) is 34.6. The highest BCUT2D eigenvalue weighted by Crippen LogP contribution is 2.65. The molecule has 0 bridgehead atoms. The first-order valence-corrected chi connectivity index (χ1v) is 14.0. The van der Waals surface area contributed by atoms with Gasteiger partial charge in [0, 0.05) is 6.54 Å². The molecular weight excluding hydrogens is 434 g/mol. The molecule has 0 aromatic heterocycles. The van der Waals surface area contributed by atoms with Crippen LogP contribution in [0.15, 0.2) is 42.5 Å². The number of phenols is 1. The van der Waals surface area contributed by atoms with Gasteiger partial charge in [0.2, 0.25) is 0 Å². The molecule has 6 rings (SSSR count). The van der Waals surface area contributed by atoms with Gasteiger partial charge in [-0.25, -0.2) is 0 Å². The Kier molecular flexibility index (Phi) is 6.30. The molecule has 2 saturated carbocycles. The number of hydrogen-bond acceptors (Lipinski definition) is 4. The minimum atomic E-state index is -0.199. The lowest BCUT2D eigenvalue weighted by Crippen LogP contribution is -2.47. The number of likely N-dealkylation sites (tertiary alicyclic amines) is 1. The zero-order chi connectivity index (χ0) is 24.0. The minimum Gasteiger partial charge on any atom is -0.508 e. The van der Waals surface area contributed by atoms with E-state index in [9.17, 15) is 10.2 Å². The van der Waals surface area contributed by atoms with Crippen molar-refractivity contribution in [1.29, 1.82) is 0 Å². The molecule has 188 valence electrons. The van der Waals surface area contributed by atoms with Gasteiger partial charge in [0.05, 0.1) is 6.10 Å². The average molecular weight is 476 g/mol. The van der Waals surface area contributed by atoms with Crippen LogP contribution in [-0.2, 0) is 6.42 Å². The summed E-state index contributed by atoms with van der Waals surface area (Å²) >= 11 is 0. The molecule has 3 fully saturated rings. The third-order valence-electron chi connectivity index (χ3n) is 10.1. The van der Waals surface area contributed by atoms with Crippen molar-refractivity contribution in [1.82, 2.24) is 4.90 Å². The summed E-state index contributed by atoms with van der Waals surface area (Å²) in [7, 11) is 0. The number of rotatable bonds is 5. The number of piperidine rings is 1. The van der Waals surface area contributed by atoms with Crippen LogP contribution in [0.4, 0.5) is 0 Å². The molecule has 2 aromatic rings. The molecule has 0 radical (unpaired) electrons. The second-order valence-corrected chi connectivity index (χ2v) is 11.9. The van der Waals surface area contributed by atoms with Crippen LogP contribution < -0.4 is 4.74 Å². The maximum Gasteiger partial charge on any atom is 0.119 e. The summed E-state index contributed by atoms with van der Waals surface area (Å²) in [6.45, 7) is 6.52. The van der Waals surface area contributed by atoms with Crippen LogP contribution in [0.1, 0.15) is 80.4 Å². The summed E-state index contributed by atoms with van der Waals surface area (Å²) in [6, 6.07) is 14.9. The number of aliphatic hydroxyl groups excluding tert-OH is 1. The molecule has 3 aliphatic carbocycles. The maximum absolute atomic E-state index is 11.1. The SMILES string of the molecule is C[C@]12C[C@H](c3ccc(OCCN4CCCCC4)cc3)[C@@H]3c4ccc(O)cc4CC[C@H]3[C@@H]1CC[C@@H]2O. The molecule has 1 aliphatic heterocycles. The van der Waals surface area contributed by atoms with Crippen LogP contribution in [0.25, 0.3) is 0 Å².